The molecule has 2 N–H and O–H groups in total. The summed E-state index contributed by atoms with van der Waals surface area (Å²) in [4.78, 5) is 64.1. The summed E-state index contributed by atoms with van der Waals surface area (Å²) in [7, 11) is 3.20. The standard InChI is InChI=1S/C36H49N3O9/c1-5-14-37-35(43)23-39(17-20-47-25(2)40)16-15-38-36(44)48-24-32-30-21-26(33(41)8-6-18-45-3)10-12-28(30)29-13-11-27(22-31(29)32)34(42)9-7-19-46-4/h10-13,21-22,32H,5-9,14-20,23-24H2,1-4H3,(H,37,43)(H,38,44). The van der Waals surface area contributed by atoms with Gasteiger partial charge in [-0.05, 0) is 53.6 Å². The lowest BCUT2D eigenvalue weighted by Crippen LogP contribution is -2.43. The quantitative estimate of drug-likeness (QED) is 0.107. The van der Waals surface area contributed by atoms with Gasteiger partial charge in [0, 0.05) is 90.4 Å². The van der Waals surface area contributed by atoms with Crippen LogP contribution in [0.5, 0.6) is 0 Å². The summed E-state index contributed by atoms with van der Waals surface area (Å²) < 4.78 is 20.9. The Morgan fingerprint density at radius 1 is 0.750 bits per heavy atom. The van der Waals surface area contributed by atoms with Crippen LogP contribution in [0.15, 0.2) is 36.4 Å². The molecule has 0 radical (unpaired) electrons. The van der Waals surface area contributed by atoms with E-state index in [2.05, 4.69) is 10.6 Å². The van der Waals surface area contributed by atoms with E-state index in [-0.39, 0.29) is 49.7 Å². The van der Waals surface area contributed by atoms with Crippen molar-refractivity contribution < 1.29 is 42.9 Å². The van der Waals surface area contributed by atoms with E-state index in [1.807, 2.05) is 43.3 Å². The van der Waals surface area contributed by atoms with Crippen LogP contribution in [0.1, 0.15) is 83.7 Å². The lowest BCUT2D eigenvalue weighted by Gasteiger charge is -2.22. The molecule has 2 amide bonds. The molecule has 0 atom stereocenters. The molecule has 3 rings (SSSR count). The van der Waals surface area contributed by atoms with Gasteiger partial charge in [-0.1, -0.05) is 31.2 Å². The van der Waals surface area contributed by atoms with Crippen LogP contribution in [0.3, 0.4) is 0 Å². The number of carbonyl (C=O) groups excluding carboxylic acids is 5. The number of ether oxygens (including phenoxy) is 4. The average Bonchev–Trinajstić information content (AvgIpc) is 3.38. The Labute approximate surface area is 282 Å². The van der Waals surface area contributed by atoms with Gasteiger partial charge in [0.2, 0.25) is 5.91 Å². The van der Waals surface area contributed by atoms with Crippen molar-refractivity contribution in [3.05, 3.63) is 58.7 Å². The largest absolute Gasteiger partial charge is 0.465 e. The molecule has 0 aromatic heterocycles. The van der Waals surface area contributed by atoms with Gasteiger partial charge in [-0.15, -0.1) is 0 Å². The molecule has 0 aliphatic heterocycles. The van der Waals surface area contributed by atoms with Gasteiger partial charge in [-0.25, -0.2) is 4.79 Å². The zero-order valence-corrected chi connectivity index (χ0v) is 28.6. The van der Waals surface area contributed by atoms with Crippen LogP contribution in [0.2, 0.25) is 0 Å². The number of esters is 1. The number of amides is 2. The van der Waals surface area contributed by atoms with Crippen molar-refractivity contribution in [2.75, 3.05) is 73.4 Å². The number of Topliss-reactive ketones (excluding diaryl/α,β-unsaturated/α-hetero) is 2. The highest BCUT2D eigenvalue weighted by Gasteiger charge is 2.31. The van der Waals surface area contributed by atoms with E-state index in [1.54, 1.807) is 19.1 Å². The first-order valence-corrected chi connectivity index (χ1v) is 16.5. The Morgan fingerprint density at radius 3 is 1.85 bits per heavy atom. The minimum Gasteiger partial charge on any atom is -0.465 e. The molecular weight excluding hydrogens is 618 g/mol. The van der Waals surface area contributed by atoms with Gasteiger partial charge in [-0.2, -0.15) is 0 Å². The van der Waals surface area contributed by atoms with Crippen molar-refractivity contribution in [3.63, 3.8) is 0 Å². The fraction of sp³-hybridized carbons (Fsp3) is 0.528. The summed E-state index contributed by atoms with van der Waals surface area (Å²) in [5.41, 5.74) is 4.70. The predicted octanol–water partition coefficient (Wildman–Crippen LogP) is 4.14. The van der Waals surface area contributed by atoms with Crippen LogP contribution in [0.25, 0.3) is 11.1 Å². The SMILES string of the molecule is CCCNC(=O)CN(CCNC(=O)OCC1c2cc(C(=O)CCCOC)ccc2-c2ccc(C(=O)CCCOC)cc21)CCOC(C)=O. The number of nitrogens with one attached hydrogen (secondary N) is 2. The molecule has 0 saturated heterocycles. The number of hydrogen-bond donors (Lipinski definition) is 2. The fourth-order valence-electron chi connectivity index (χ4n) is 5.57. The zero-order chi connectivity index (χ0) is 34.9. The molecule has 262 valence electrons. The van der Waals surface area contributed by atoms with Gasteiger partial charge >= 0.3 is 12.1 Å². The second-order valence-corrected chi connectivity index (χ2v) is 11.7. The second kappa shape index (κ2) is 20.3. The molecule has 48 heavy (non-hydrogen) atoms. The maximum absolute atomic E-state index is 13.0. The monoisotopic (exact) mass is 667 g/mol. The Hall–Kier alpha value is -4.13. The third-order valence-electron chi connectivity index (χ3n) is 8.02. The van der Waals surface area contributed by atoms with E-state index in [4.69, 9.17) is 18.9 Å². The molecule has 2 aromatic rings. The first kappa shape index (κ1) is 38.3. The van der Waals surface area contributed by atoms with Crippen molar-refractivity contribution >= 4 is 29.5 Å². The van der Waals surface area contributed by atoms with Crippen LogP contribution < -0.4 is 10.6 Å². The van der Waals surface area contributed by atoms with Crippen LogP contribution in [0, 0.1) is 0 Å². The first-order chi connectivity index (χ1) is 23.2. The van der Waals surface area contributed by atoms with E-state index in [1.165, 1.54) is 6.92 Å². The number of ketones is 2. The van der Waals surface area contributed by atoms with Gasteiger partial charge in [0.1, 0.15) is 13.2 Å². The smallest absolute Gasteiger partial charge is 0.407 e. The number of fused-ring (bicyclic) bond motifs is 3. The van der Waals surface area contributed by atoms with Crippen LogP contribution in [-0.4, -0.2) is 108 Å². The summed E-state index contributed by atoms with van der Waals surface area (Å²) in [6, 6.07) is 11.2. The number of nitrogens with zero attached hydrogens (tertiary/aromatic N) is 1. The number of benzene rings is 2. The molecule has 12 nitrogen and oxygen atoms in total. The van der Waals surface area contributed by atoms with E-state index in [0.29, 0.717) is 69.7 Å². The summed E-state index contributed by atoms with van der Waals surface area (Å²) in [6.07, 6.45) is 2.08. The fourth-order valence-corrected chi connectivity index (χ4v) is 5.57. The van der Waals surface area contributed by atoms with Crippen molar-refractivity contribution in [1.29, 1.82) is 0 Å². The maximum atomic E-state index is 13.0. The number of rotatable bonds is 22. The number of hydrogen-bond acceptors (Lipinski definition) is 10. The van der Waals surface area contributed by atoms with Gasteiger partial charge in [0.15, 0.2) is 11.6 Å². The van der Waals surface area contributed by atoms with Gasteiger partial charge in [0.05, 0.1) is 6.54 Å². The van der Waals surface area contributed by atoms with Gasteiger partial charge < -0.3 is 29.6 Å². The van der Waals surface area contributed by atoms with Crippen molar-refractivity contribution in [3.8, 4) is 11.1 Å². The highest BCUT2D eigenvalue weighted by Crippen LogP contribution is 2.46. The summed E-state index contributed by atoms with van der Waals surface area (Å²) in [5.74, 6) is -0.958. The molecule has 0 unspecified atom stereocenters. The Kier molecular flexibility index (Phi) is 16.2. The second-order valence-electron chi connectivity index (χ2n) is 11.7. The van der Waals surface area contributed by atoms with Crippen LogP contribution in [-0.2, 0) is 28.5 Å². The molecule has 1 aliphatic carbocycles. The van der Waals surface area contributed by atoms with Crippen molar-refractivity contribution in [1.82, 2.24) is 15.5 Å². The minimum absolute atomic E-state index is 0.00106. The third-order valence-corrected chi connectivity index (χ3v) is 8.02. The van der Waals surface area contributed by atoms with Crippen LogP contribution >= 0.6 is 0 Å². The molecular formula is C36H49N3O9. The molecule has 0 bridgehead atoms. The normalized spacial score (nSPS) is 11.9. The van der Waals surface area contributed by atoms with E-state index >= 15 is 0 Å². The molecule has 0 saturated carbocycles. The molecule has 0 heterocycles. The van der Waals surface area contributed by atoms with Gasteiger partial charge in [-0.3, -0.25) is 24.1 Å². The van der Waals surface area contributed by atoms with Crippen LogP contribution in [0.4, 0.5) is 4.79 Å². The van der Waals surface area contributed by atoms with Crippen molar-refractivity contribution in [2.24, 2.45) is 0 Å². The summed E-state index contributed by atoms with van der Waals surface area (Å²) in [6.45, 7) is 5.86. The third kappa shape index (κ3) is 11.8. The summed E-state index contributed by atoms with van der Waals surface area (Å²) in [5, 5.41) is 5.57. The molecule has 1 aliphatic rings. The van der Waals surface area contributed by atoms with E-state index < -0.39 is 12.1 Å². The number of alkyl carbamates (subject to hydrolysis) is 1. The number of methoxy groups -OCH3 is 2. The zero-order valence-electron chi connectivity index (χ0n) is 28.6. The van der Waals surface area contributed by atoms with Gasteiger partial charge in [0.25, 0.3) is 0 Å². The van der Waals surface area contributed by atoms with Crippen molar-refractivity contribution in [2.45, 2.75) is 51.9 Å². The summed E-state index contributed by atoms with van der Waals surface area (Å²) >= 11 is 0. The Bertz CT molecular complexity index is 1340. The lowest BCUT2D eigenvalue weighted by atomic mass is 9.93. The first-order valence-electron chi connectivity index (χ1n) is 16.5. The Morgan fingerprint density at radius 2 is 1.33 bits per heavy atom. The highest BCUT2D eigenvalue weighted by molar-refractivity contribution is 5.99. The molecule has 0 fully saturated rings. The maximum Gasteiger partial charge on any atom is 0.407 e. The average molecular weight is 668 g/mol. The Balaban J connectivity index is 1.72. The topological polar surface area (TPSA) is 150 Å². The molecule has 0 spiro atoms. The lowest BCUT2D eigenvalue weighted by molar-refractivity contribution is -0.141. The number of carbonyl (C=O) groups is 5. The van der Waals surface area contributed by atoms with E-state index in [9.17, 15) is 24.0 Å². The predicted molar refractivity (Wildman–Crippen MR) is 180 cm³/mol. The molecule has 2 aromatic carbocycles. The molecule has 12 heteroatoms. The minimum atomic E-state index is -0.640. The highest BCUT2D eigenvalue weighted by atomic mass is 16.5. The van der Waals surface area contributed by atoms with E-state index in [0.717, 1.165) is 28.7 Å².